The van der Waals surface area contributed by atoms with E-state index in [1.54, 1.807) is 7.11 Å². The van der Waals surface area contributed by atoms with Gasteiger partial charge in [-0.2, -0.15) is 0 Å². The van der Waals surface area contributed by atoms with Crippen molar-refractivity contribution in [2.75, 3.05) is 27.4 Å². The predicted octanol–water partition coefficient (Wildman–Crippen LogP) is 3.70. The highest BCUT2D eigenvalue weighted by molar-refractivity contribution is 6.99. The molecule has 0 unspecified atom stereocenters. The first kappa shape index (κ1) is 23.1. The molecule has 0 amide bonds. The van der Waals surface area contributed by atoms with Crippen LogP contribution in [0.5, 0.6) is 0 Å². The number of carbonyl (C=O) groups excluding carboxylic acids is 1. The van der Waals surface area contributed by atoms with Gasteiger partial charge in [-0.15, -0.1) is 0 Å². The number of hydrogen-bond donors (Lipinski definition) is 0. The van der Waals surface area contributed by atoms with Gasteiger partial charge in [-0.05, 0) is 27.4 Å². The molecule has 0 heterocycles. The number of benzene rings is 2. The average Bonchev–Trinajstić information content (AvgIpc) is 2.71. The van der Waals surface area contributed by atoms with Crippen LogP contribution in [0.3, 0.4) is 0 Å². The van der Waals surface area contributed by atoms with E-state index in [4.69, 9.17) is 13.9 Å². The highest BCUT2D eigenvalue weighted by Crippen LogP contribution is 2.36. The van der Waals surface area contributed by atoms with Crippen molar-refractivity contribution in [3.8, 4) is 0 Å². The Hall–Kier alpha value is -2.21. The summed E-state index contributed by atoms with van der Waals surface area (Å²) in [5.74, 6) is -0.373. The van der Waals surface area contributed by atoms with Gasteiger partial charge in [0.1, 0.15) is 0 Å². The minimum Gasteiger partial charge on any atom is -0.466 e. The van der Waals surface area contributed by atoms with Crippen molar-refractivity contribution in [3.05, 3.63) is 72.3 Å². The van der Waals surface area contributed by atoms with Gasteiger partial charge in [0.25, 0.3) is 8.32 Å². The first-order valence-corrected chi connectivity index (χ1v) is 11.8. The van der Waals surface area contributed by atoms with Gasteiger partial charge in [-0.1, -0.05) is 81.4 Å². The molecule has 0 aliphatic rings. The quantitative estimate of drug-likeness (QED) is 0.358. The lowest BCUT2D eigenvalue weighted by Gasteiger charge is -2.43. The van der Waals surface area contributed by atoms with Crippen LogP contribution in [0.15, 0.2) is 72.3 Å². The third kappa shape index (κ3) is 5.66. The second-order valence-corrected chi connectivity index (χ2v) is 12.3. The van der Waals surface area contributed by atoms with E-state index in [0.29, 0.717) is 19.6 Å². The number of carbonyl (C=O) groups is 1. The molecular formula is C24H32O4Si. The molecule has 0 saturated carbocycles. The Bertz CT molecular complexity index is 755. The summed E-state index contributed by atoms with van der Waals surface area (Å²) >= 11 is 0. The van der Waals surface area contributed by atoms with E-state index in [9.17, 15) is 4.79 Å². The van der Waals surface area contributed by atoms with Crippen molar-refractivity contribution >= 4 is 24.7 Å². The van der Waals surface area contributed by atoms with Crippen LogP contribution in [0.4, 0.5) is 0 Å². The summed E-state index contributed by atoms with van der Waals surface area (Å²) in [4.78, 5) is 11.7. The highest BCUT2D eigenvalue weighted by atomic mass is 28.4. The Morgan fingerprint density at radius 1 is 0.931 bits per heavy atom. The molecule has 0 bridgehead atoms. The fourth-order valence-electron chi connectivity index (χ4n) is 3.69. The number of ether oxygens (including phenoxy) is 2. The lowest BCUT2D eigenvalue weighted by Crippen LogP contribution is -2.66. The summed E-state index contributed by atoms with van der Waals surface area (Å²) in [6.07, 6.45) is 2.10. The molecule has 0 spiro atoms. The van der Waals surface area contributed by atoms with Crippen molar-refractivity contribution in [2.24, 2.45) is 0 Å². The molecule has 5 heteroatoms. The molecule has 0 atom stereocenters. The number of hydrogen-bond acceptors (Lipinski definition) is 4. The molecule has 0 aliphatic heterocycles. The third-order valence-corrected chi connectivity index (χ3v) is 10.1. The first-order valence-electron chi connectivity index (χ1n) is 9.86. The van der Waals surface area contributed by atoms with E-state index in [0.717, 1.165) is 5.57 Å². The maximum Gasteiger partial charge on any atom is 0.330 e. The van der Waals surface area contributed by atoms with Crippen molar-refractivity contribution in [3.63, 3.8) is 0 Å². The Morgan fingerprint density at radius 3 is 1.86 bits per heavy atom. The summed E-state index contributed by atoms with van der Waals surface area (Å²) in [7, 11) is 0.425. The highest BCUT2D eigenvalue weighted by Gasteiger charge is 2.49. The van der Waals surface area contributed by atoms with Crippen molar-refractivity contribution in [1.29, 1.82) is 0 Å². The van der Waals surface area contributed by atoms with E-state index >= 15 is 0 Å². The molecular weight excluding hydrogens is 380 g/mol. The van der Waals surface area contributed by atoms with Crippen LogP contribution < -0.4 is 10.4 Å². The molecule has 0 radical (unpaired) electrons. The zero-order valence-corrected chi connectivity index (χ0v) is 19.1. The molecule has 0 aliphatic carbocycles. The summed E-state index contributed by atoms with van der Waals surface area (Å²) in [5, 5.41) is 2.40. The van der Waals surface area contributed by atoms with Gasteiger partial charge in [0, 0.05) is 19.8 Å². The zero-order chi connectivity index (χ0) is 21.3. The lowest BCUT2D eigenvalue weighted by atomic mass is 10.2. The minimum atomic E-state index is -2.57. The summed E-state index contributed by atoms with van der Waals surface area (Å²) < 4.78 is 16.9. The molecule has 29 heavy (non-hydrogen) atoms. The average molecular weight is 413 g/mol. The monoisotopic (exact) mass is 412 g/mol. The van der Waals surface area contributed by atoms with Gasteiger partial charge in [0.2, 0.25) is 0 Å². The Morgan fingerprint density at radius 2 is 1.45 bits per heavy atom. The Balaban J connectivity index is 2.41. The standard InChI is InChI=1S/C24H32O4Si/c1-24(2,3)29(21-12-8-6-9-13-21,22-14-10-7-11-15-22)28-17-16-20(19-26-4)18-23(25)27-5/h6-15,18H,16-17,19H2,1-5H3/b20-18-. The van der Waals surface area contributed by atoms with Crippen LogP contribution in [0.1, 0.15) is 27.2 Å². The maximum atomic E-state index is 11.7. The maximum absolute atomic E-state index is 11.7. The molecule has 2 aromatic carbocycles. The van der Waals surface area contributed by atoms with Crippen LogP contribution in [0, 0.1) is 0 Å². The molecule has 0 N–H and O–H groups in total. The molecule has 156 valence electrons. The molecule has 0 fully saturated rings. The smallest absolute Gasteiger partial charge is 0.330 e. The summed E-state index contributed by atoms with van der Waals surface area (Å²) in [6, 6.07) is 21.0. The van der Waals surface area contributed by atoms with Crippen molar-refractivity contribution < 1.29 is 18.7 Å². The van der Waals surface area contributed by atoms with Gasteiger partial charge in [-0.25, -0.2) is 4.79 Å². The van der Waals surface area contributed by atoms with Crippen LogP contribution in [-0.2, 0) is 18.7 Å². The van der Waals surface area contributed by atoms with E-state index in [-0.39, 0.29) is 11.0 Å². The number of methoxy groups -OCH3 is 2. The Kier molecular flexibility index (Phi) is 8.38. The van der Waals surface area contributed by atoms with Crippen LogP contribution in [0.25, 0.3) is 0 Å². The molecule has 4 nitrogen and oxygen atoms in total. The van der Waals surface area contributed by atoms with E-state index in [1.165, 1.54) is 23.6 Å². The fraction of sp³-hybridized carbons (Fsp3) is 0.375. The molecule has 2 aromatic rings. The summed E-state index contributed by atoms with van der Waals surface area (Å²) in [6.45, 7) is 7.62. The lowest BCUT2D eigenvalue weighted by molar-refractivity contribution is -0.134. The van der Waals surface area contributed by atoms with Crippen molar-refractivity contribution in [1.82, 2.24) is 0 Å². The predicted molar refractivity (Wildman–Crippen MR) is 120 cm³/mol. The second-order valence-electron chi connectivity index (χ2n) is 8.02. The van der Waals surface area contributed by atoms with Gasteiger partial charge >= 0.3 is 5.97 Å². The van der Waals surface area contributed by atoms with Gasteiger partial charge < -0.3 is 13.9 Å². The second kappa shape index (κ2) is 10.5. The van der Waals surface area contributed by atoms with Gasteiger partial charge in [-0.3, -0.25) is 0 Å². The first-order chi connectivity index (χ1) is 13.8. The molecule has 2 rings (SSSR count). The van der Waals surface area contributed by atoms with Crippen LogP contribution in [-0.4, -0.2) is 41.7 Å². The van der Waals surface area contributed by atoms with Crippen LogP contribution in [0.2, 0.25) is 5.04 Å². The molecule has 0 saturated heterocycles. The fourth-order valence-corrected chi connectivity index (χ4v) is 8.26. The SMILES string of the molecule is COC/C(=C\C(=O)OC)CCO[Si](c1ccccc1)(c1ccccc1)C(C)(C)C. The topological polar surface area (TPSA) is 44.8 Å². The van der Waals surface area contributed by atoms with E-state index < -0.39 is 8.32 Å². The van der Waals surface area contributed by atoms with E-state index in [2.05, 4.69) is 69.3 Å². The van der Waals surface area contributed by atoms with Crippen LogP contribution >= 0.6 is 0 Å². The molecule has 0 aromatic heterocycles. The normalized spacial score (nSPS) is 12.7. The van der Waals surface area contributed by atoms with Gasteiger partial charge in [0.15, 0.2) is 0 Å². The van der Waals surface area contributed by atoms with Gasteiger partial charge in [0.05, 0.1) is 13.7 Å². The summed E-state index contributed by atoms with van der Waals surface area (Å²) in [5.41, 5.74) is 0.859. The minimum absolute atomic E-state index is 0.0802. The van der Waals surface area contributed by atoms with E-state index in [1.807, 2.05) is 12.1 Å². The van der Waals surface area contributed by atoms with Crippen molar-refractivity contribution in [2.45, 2.75) is 32.2 Å². The number of rotatable bonds is 9. The Labute approximate surface area is 175 Å². The zero-order valence-electron chi connectivity index (χ0n) is 18.1. The largest absolute Gasteiger partial charge is 0.466 e. The third-order valence-electron chi connectivity index (χ3n) is 5.01. The number of esters is 1.